The maximum atomic E-state index is 10.4. The van der Waals surface area contributed by atoms with Crippen LogP contribution in [-0.2, 0) is 0 Å². The molecular formula is C16H17ClO3. The van der Waals surface area contributed by atoms with Crippen LogP contribution in [0.5, 0.6) is 11.5 Å². The van der Waals surface area contributed by atoms with E-state index >= 15 is 0 Å². The van der Waals surface area contributed by atoms with Gasteiger partial charge in [-0.05, 0) is 35.4 Å². The number of benzene rings is 2. The van der Waals surface area contributed by atoms with Crippen LogP contribution in [0.4, 0.5) is 0 Å². The number of halogens is 1. The molecule has 0 aromatic heterocycles. The molecule has 0 unspecified atom stereocenters. The summed E-state index contributed by atoms with van der Waals surface area (Å²) < 4.78 is 10.3. The Hall–Kier alpha value is -1.71. The topological polar surface area (TPSA) is 38.7 Å². The van der Waals surface area contributed by atoms with E-state index in [2.05, 4.69) is 0 Å². The molecule has 106 valence electrons. The summed E-state index contributed by atoms with van der Waals surface area (Å²) in [6.07, 6.45) is -0.820. The highest BCUT2D eigenvalue weighted by Gasteiger charge is 2.21. The maximum absolute atomic E-state index is 10.4. The molecule has 0 aliphatic rings. The lowest BCUT2D eigenvalue weighted by Gasteiger charge is -2.18. The van der Waals surface area contributed by atoms with Crippen LogP contribution in [-0.4, -0.2) is 19.3 Å². The summed E-state index contributed by atoms with van der Waals surface area (Å²) in [7, 11) is 3.19. The van der Waals surface area contributed by atoms with Gasteiger partial charge < -0.3 is 14.6 Å². The zero-order valence-corrected chi connectivity index (χ0v) is 12.2. The fraction of sp³-hybridized carbons (Fsp3) is 0.250. The van der Waals surface area contributed by atoms with Crippen molar-refractivity contribution in [2.24, 2.45) is 0 Å². The molecule has 3 nitrogen and oxygen atoms in total. The van der Waals surface area contributed by atoms with Gasteiger partial charge in [0.15, 0.2) is 0 Å². The minimum absolute atomic E-state index is 0.558. The van der Waals surface area contributed by atoms with E-state index in [1.54, 1.807) is 20.3 Å². The Morgan fingerprint density at radius 2 is 1.40 bits per heavy atom. The van der Waals surface area contributed by atoms with E-state index in [0.29, 0.717) is 17.1 Å². The van der Waals surface area contributed by atoms with Crippen LogP contribution in [0.3, 0.4) is 0 Å². The Bertz CT molecular complexity index is 520. The third kappa shape index (κ3) is 3.24. The summed E-state index contributed by atoms with van der Waals surface area (Å²) >= 11 is 6.37. The summed E-state index contributed by atoms with van der Waals surface area (Å²) in [4.78, 5) is 0. The molecule has 1 N–H and O–H groups in total. The quantitative estimate of drug-likeness (QED) is 0.854. The summed E-state index contributed by atoms with van der Waals surface area (Å²) in [6, 6.07) is 14.6. The first-order valence-electron chi connectivity index (χ1n) is 6.25. The van der Waals surface area contributed by atoms with Gasteiger partial charge in [-0.3, -0.25) is 0 Å². The minimum atomic E-state index is -0.820. The number of aliphatic hydroxyl groups is 1. The van der Waals surface area contributed by atoms with Crippen molar-refractivity contribution in [3.63, 3.8) is 0 Å². The first-order chi connectivity index (χ1) is 9.65. The molecule has 20 heavy (non-hydrogen) atoms. The van der Waals surface area contributed by atoms with E-state index in [1.807, 2.05) is 42.5 Å². The van der Waals surface area contributed by atoms with Crippen molar-refractivity contribution in [1.82, 2.24) is 0 Å². The zero-order valence-electron chi connectivity index (χ0n) is 11.4. The number of ether oxygens (including phenoxy) is 2. The number of methoxy groups -OCH3 is 2. The number of aliphatic hydroxyl groups excluding tert-OH is 1. The molecule has 0 aliphatic heterocycles. The molecule has 0 heterocycles. The fourth-order valence-corrected chi connectivity index (χ4v) is 2.27. The van der Waals surface area contributed by atoms with E-state index < -0.39 is 11.5 Å². The Morgan fingerprint density at radius 3 is 1.95 bits per heavy atom. The van der Waals surface area contributed by atoms with Gasteiger partial charge in [0.2, 0.25) is 0 Å². The second kappa shape index (κ2) is 6.64. The van der Waals surface area contributed by atoms with Crippen molar-refractivity contribution in [3.05, 3.63) is 59.7 Å². The Morgan fingerprint density at radius 1 is 0.900 bits per heavy atom. The summed E-state index contributed by atoms with van der Waals surface area (Å²) in [6.45, 7) is 0. The van der Waals surface area contributed by atoms with Gasteiger partial charge in [-0.1, -0.05) is 24.3 Å². The lowest BCUT2D eigenvalue weighted by molar-refractivity contribution is 0.172. The van der Waals surface area contributed by atoms with Crippen molar-refractivity contribution in [2.45, 2.75) is 11.5 Å². The fourth-order valence-electron chi connectivity index (χ4n) is 1.99. The average Bonchev–Trinajstić information content (AvgIpc) is 2.53. The van der Waals surface area contributed by atoms with Gasteiger partial charge in [0.05, 0.1) is 25.7 Å². The van der Waals surface area contributed by atoms with Crippen LogP contribution >= 0.6 is 11.6 Å². The van der Waals surface area contributed by atoms with Gasteiger partial charge >= 0.3 is 0 Å². The van der Waals surface area contributed by atoms with E-state index in [0.717, 1.165) is 5.56 Å². The normalized spacial score (nSPS) is 13.6. The van der Waals surface area contributed by atoms with Crippen LogP contribution in [0.1, 0.15) is 22.6 Å². The van der Waals surface area contributed by atoms with E-state index in [1.165, 1.54) is 0 Å². The number of rotatable bonds is 5. The van der Waals surface area contributed by atoms with Crippen molar-refractivity contribution in [3.8, 4) is 11.5 Å². The van der Waals surface area contributed by atoms with Crippen LogP contribution in [0.2, 0.25) is 0 Å². The largest absolute Gasteiger partial charge is 0.497 e. The molecule has 2 aromatic rings. The highest BCUT2D eigenvalue weighted by molar-refractivity contribution is 6.21. The van der Waals surface area contributed by atoms with Gasteiger partial charge in [0.1, 0.15) is 11.5 Å². The number of hydrogen-bond acceptors (Lipinski definition) is 3. The monoisotopic (exact) mass is 292 g/mol. The molecular weight excluding hydrogens is 276 g/mol. The van der Waals surface area contributed by atoms with Crippen LogP contribution in [0.25, 0.3) is 0 Å². The number of hydrogen-bond donors (Lipinski definition) is 1. The van der Waals surface area contributed by atoms with Crippen LogP contribution in [0.15, 0.2) is 48.5 Å². The smallest absolute Gasteiger partial charge is 0.119 e. The molecule has 4 heteroatoms. The molecule has 0 bridgehead atoms. The first-order valence-corrected chi connectivity index (χ1v) is 6.69. The van der Waals surface area contributed by atoms with Crippen molar-refractivity contribution >= 4 is 11.6 Å². The van der Waals surface area contributed by atoms with Crippen LogP contribution in [0, 0.1) is 0 Å². The van der Waals surface area contributed by atoms with E-state index in [4.69, 9.17) is 21.1 Å². The van der Waals surface area contributed by atoms with Crippen molar-refractivity contribution < 1.29 is 14.6 Å². The van der Waals surface area contributed by atoms with Gasteiger partial charge in [0.25, 0.3) is 0 Å². The molecule has 2 atom stereocenters. The Kier molecular flexibility index (Phi) is 4.88. The van der Waals surface area contributed by atoms with Gasteiger partial charge in [-0.25, -0.2) is 0 Å². The van der Waals surface area contributed by atoms with Crippen molar-refractivity contribution in [2.75, 3.05) is 14.2 Å². The lowest BCUT2D eigenvalue weighted by Crippen LogP contribution is -2.06. The summed E-state index contributed by atoms with van der Waals surface area (Å²) in [5.41, 5.74) is 1.52. The summed E-state index contributed by atoms with van der Waals surface area (Å²) in [5.74, 6) is 1.40. The lowest BCUT2D eigenvalue weighted by atomic mass is 10.0. The Balaban J connectivity index is 2.24. The van der Waals surface area contributed by atoms with E-state index in [9.17, 15) is 5.11 Å². The minimum Gasteiger partial charge on any atom is -0.497 e. The van der Waals surface area contributed by atoms with Gasteiger partial charge in [-0.2, -0.15) is 0 Å². The maximum Gasteiger partial charge on any atom is 0.119 e. The molecule has 0 saturated heterocycles. The predicted molar refractivity (Wildman–Crippen MR) is 79.5 cm³/mol. The third-order valence-corrected chi connectivity index (χ3v) is 3.62. The molecule has 0 radical (unpaired) electrons. The Labute approximate surface area is 123 Å². The highest BCUT2D eigenvalue weighted by atomic mass is 35.5. The molecule has 0 saturated carbocycles. The zero-order chi connectivity index (χ0) is 14.5. The molecule has 0 aliphatic carbocycles. The van der Waals surface area contributed by atoms with Crippen LogP contribution < -0.4 is 9.47 Å². The molecule has 0 amide bonds. The highest BCUT2D eigenvalue weighted by Crippen LogP contribution is 2.36. The molecule has 0 spiro atoms. The summed E-state index contributed by atoms with van der Waals surface area (Å²) in [5, 5.41) is 9.84. The van der Waals surface area contributed by atoms with Crippen molar-refractivity contribution in [1.29, 1.82) is 0 Å². The number of alkyl halides is 1. The second-order valence-corrected chi connectivity index (χ2v) is 4.87. The first kappa shape index (κ1) is 14.7. The van der Waals surface area contributed by atoms with E-state index in [-0.39, 0.29) is 0 Å². The third-order valence-electron chi connectivity index (χ3n) is 3.12. The predicted octanol–water partition coefficient (Wildman–Crippen LogP) is 3.72. The molecule has 2 aromatic carbocycles. The standard InChI is InChI=1S/C16H17ClO3/c1-19-13-7-3-5-11(9-13)15(17)16(18)12-6-4-8-14(10-12)20-2/h3-10,15-16,18H,1-2H3/t15-,16-/m1/s1. The molecule has 2 rings (SSSR count). The molecule has 0 fully saturated rings. The average molecular weight is 293 g/mol. The van der Waals surface area contributed by atoms with Gasteiger partial charge in [-0.15, -0.1) is 11.6 Å². The van der Waals surface area contributed by atoms with Gasteiger partial charge in [0, 0.05) is 0 Å². The SMILES string of the molecule is COc1cccc([C@@H](O)[C@H](Cl)c2cccc(OC)c2)c1. The second-order valence-electron chi connectivity index (χ2n) is 4.40.